The first kappa shape index (κ1) is 20.6. The molecular weight excluding hydrogens is 346 g/mol. The molecule has 0 radical (unpaired) electrons. The van der Waals surface area contributed by atoms with Gasteiger partial charge in [0.1, 0.15) is 0 Å². The SMILES string of the molecule is COC(=O)c1ccc(C(=O)OC)c(NC(=O)C(=O)NCCCNC=O)c1. The highest BCUT2D eigenvalue weighted by atomic mass is 16.5. The van der Waals surface area contributed by atoms with Crippen LogP contribution >= 0.6 is 0 Å². The van der Waals surface area contributed by atoms with Crippen LogP contribution in [0.4, 0.5) is 5.69 Å². The van der Waals surface area contributed by atoms with E-state index in [1.54, 1.807) is 0 Å². The van der Waals surface area contributed by atoms with Crippen LogP contribution in [-0.2, 0) is 23.9 Å². The summed E-state index contributed by atoms with van der Waals surface area (Å²) in [4.78, 5) is 57.2. The van der Waals surface area contributed by atoms with Crippen LogP contribution < -0.4 is 16.0 Å². The predicted octanol–water partition coefficient (Wildman–Crippen LogP) is -0.549. The summed E-state index contributed by atoms with van der Waals surface area (Å²) in [7, 11) is 2.34. The van der Waals surface area contributed by atoms with E-state index in [0.29, 0.717) is 19.4 Å². The molecule has 0 aliphatic heterocycles. The van der Waals surface area contributed by atoms with E-state index < -0.39 is 23.8 Å². The predicted molar refractivity (Wildman–Crippen MR) is 89.4 cm³/mol. The fourth-order valence-electron chi connectivity index (χ4n) is 1.89. The number of amides is 3. The molecule has 0 atom stereocenters. The van der Waals surface area contributed by atoms with Gasteiger partial charge in [0.25, 0.3) is 0 Å². The second-order valence-corrected chi connectivity index (χ2v) is 4.88. The van der Waals surface area contributed by atoms with Crippen LogP contribution in [0.3, 0.4) is 0 Å². The number of ether oxygens (including phenoxy) is 2. The molecule has 0 bridgehead atoms. The second kappa shape index (κ2) is 10.4. The van der Waals surface area contributed by atoms with Crippen molar-refractivity contribution in [2.24, 2.45) is 0 Å². The van der Waals surface area contributed by atoms with Gasteiger partial charge in [0.2, 0.25) is 6.41 Å². The van der Waals surface area contributed by atoms with E-state index in [9.17, 15) is 24.0 Å². The summed E-state index contributed by atoms with van der Waals surface area (Å²) in [5.74, 6) is -3.39. The average Bonchev–Trinajstić information content (AvgIpc) is 2.66. The zero-order valence-corrected chi connectivity index (χ0v) is 14.3. The number of anilines is 1. The van der Waals surface area contributed by atoms with Crippen LogP contribution in [0.15, 0.2) is 18.2 Å². The highest BCUT2D eigenvalue weighted by Crippen LogP contribution is 2.19. The van der Waals surface area contributed by atoms with Crippen LogP contribution in [0.5, 0.6) is 0 Å². The minimum Gasteiger partial charge on any atom is -0.465 e. The zero-order valence-electron chi connectivity index (χ0n) is 14.3. The zero-order chi connectivity index (χ0) is 19.5. The fraction of sp³-hybridized carbons (Fsp3) is 0.312. The van der Waals surface area contributed by atoms with Gasteiger partial charge in [-0.25, -0.2) is 9.59 Å². The lowest BCUT2D eigenvalue weighted by Gasteiger charge is -2.11. The van der Waals surface area contributed by atoms with Crippen molar-refractivity contribution in [1.82, 2.24) is 10.6 Å². The molecule has 1 aromatic carbocycles. The molecule has 1 rings (SSSR count). The average molecular weight is 365 g/mol. The molecule has 3 N–H and O–H groups in total. The van der Waals surface area contributed by atoms with Crippen molar-refractivity contribution in [3.8, 4) is 0 Å². The van der Waals surface area contributed by atoms with Crippen LogP contribution in [0.25, 0.3) is 0 Å². The molecule has 0 aliphatic carbocycles. The first-order valence-corrected chi connectivity index (χ1v) is 7.51. The summed E-state index contributed by atoms with van der Waals surface area (Å²) in [6.45, 7) is 0.512. The molecular formula is C16H19N3O7. The second-order valence-electron chi connectivity index (χ2n) is 4.88. The van der Waals surface area contributed by atoms with Crippen molar-refractivity contribution in [1.29, 1.82) is 0 Å². The Balaban J connectivity index is 2.85. The van der Waals surface area contributed by atoms with Crippen molar-refractivity contribution < 1.29 is 33.4 Å². The number of methoxy groups -OCH3 is 2. The summed E-state index contributed by atoms with van der Waals surface area (Å²) in [6.07, 6.45) is 0.958. The van der Waals surface area contributed by atoms with E-state index in [1.165, 1.54) is 25.3 Å². The third-order valence-electron chi connectivity index (χ3n) is 3.17. The lowest BCUT2D eigenvalue weighted by Crippen LogP contribution is -2.37. The summed E-state index contributed by atoms with van der Waals surface area (Å²) in [5.41, 5.74) is -0.0187. The molecule has 0 aromatic heterocycles. The molecule has 1 aromatic rings. The number of hydrogen-bond donors (Lipinski definition) is 3. The molecule has 0 fully saturated rings. The molecule has 26 heavy (non-hydrogen) atoms. The lowest BCUT2D eigenvalue weighted by atomic mass is 10.1. The van der Waals surface area contributed by atoms with Crippen molar-refractivity contribution >= 4 is 35.9 Å². The molecule has 10 nitrogen and oxygen atoms in total. The Labute approximate surface area is 149 Å². The van der Waals surface area contributed by atoms with Crippen LogP contribution in [-0.4, -0.2) is 57.5 Å². The largest absolute Gasteiger partial charge is 0.465 e. The number of rotatable bonds is 8. The maximum atomic E-state index is 12.0. The molecule has 0 saturated heterocycles. The quantitative estimate of drug-likeness (QED) is 0.243. The molecule has 0 spiro atoms. The lowest BCUT2D eigenvalue weighted by molar-refractivity contribution is -0.136. The van der Waals surface area contributed by atoms with E-state index in [1.807, 2.05) is 0 Å². The molecule has 3 amide bonds. The molecule has 0 aliphatic rings. The van der Waals surface area contributed by atoms with Gasteiger partial charge in [0, 0.05) is 13.1 Å². The van der Waals surface area contributed by atoms with E-state index in [-0.39, 0.29) is 23.4 Å². The maximum absolute atomic E-state index is 12.0. The van der Waals surface area contributed by atoms with Gasteiger partial charge in [-0.2, -0.15) is 0 Å². The topological polar surface area (TPSA) is 140 Å². The van der Waals surface area contributed by atoms with E-state index in [2.05, 4.69) is 25.4 Å². The Bertz CT molecular complexity index is 703. The standard InChI is InChI=1S/C16H19N3O7/c1-25-15(23)10-4-5-11(16(24)26-2)12(8-10)19-14(22)13(21)18-7-3-6-17-9-20/h4-5,8-9H,3,6-7H2,1-2H3,(H,17,20)(H,18,21)(H,19,22). The van der Waals surface area contributed by atoms with E-state index in [0.717, 1.165) is 7.11 Å². The summed E-state index contributed by atoms with van der Waals surface area (Å²) in [6, 6.07) is 3.81. The number of carbonyl (C=O) groups is 5. The van der Waals surface area contributed by atoms with Gasteiger partial charge in [0.15, 0.2) is 0 Å². The van der Waals surface area contributed by atoms with Gasteiger partial charge in [0.05, 0.1) is 31.0 Å². The van der Waals surface area contributed by atoms with Crippen molar-refractivity contribution in [2.75, 3.05) is 32.6 Å². The van der Waals surface area contributed by atoms with Gasteiger partial charge >= 0.3 is 23.8 Å². The third-order valence-corrected chi connectivity index (χ3v) is 3.17. The molecule has 10 heteroatoms. The van der Waals surface area contributed by atoms with E-state index in [4.69, 9.17) is 0 Å². The molecule has 140 valence electrons. The molecule has 0 unspecified atom stereocenters. The Hall–Kier alpha value is -3.43. The highest BCUT2D eigenvalue weighted by molar-refractivity contribution is 6.40. The number of nitrogens with one attached hydrogen (secondary N) is 3. The van der Waals surface area contributed by atoms with Crippen LogP contribution in [0.2, 0.25) is 0 Å². The Kier molecular flexibility index (Phi) is 8.28. The van der Waals surface area contributed by atoms with E-state index >= 15 is 0 Å². The number of esters is 2. The van der Waals surface area contributed by atoms with Gasteiger partial charge < -0.3 is 25.4 Å². The van der Waals surface area contributed by atoms with Gasteiger partial charge in [-0.3, -0.25) is 14.4 Å². The minimum atomic E-state index is -1.03. The smallest absolute Gasteiger partial charge is 0.339 e. The molecule has 0 saturated carbocycles. The van der Waals surface area contributed by atoms with Crippen LogP contribution in [0, 0.1) is 0 Å². The first-order chi connectivity index (χ1) is 12.4. The number of benzene rings is 1. The summed E-state index contributed by atoms with van der Waals surface area (Å²) in [5, 5.41) is 7.04. The Morgan fingerprint density at radius 1 is 1.00 bits per heavy atom. The van der Waals surface area contributed by atoms with Crippen molar-refractivity contribution in [2.45, 2.75) is 6.42 Å². The maximum Gasteiger partial charge on any atom is 0.339 e. The van der Waals surface area contributed by atoms with Gasteiger partial charge in [-0.05, 0) is 24.6 Å². The van der Waals surface area contributed by atoms with Crippen molar-refractivity contribution in [3.05, 3.63) is 29.3 Å². The summed E-state index contributed by atoms with van der Waals surface area (Å²) < 4.78 is 9.18. The first-order valence-electron chi connectivity index (χ1n) is 7.51. The third kappa shape index (κ3) is 5.89. The Morgan fingerprint density at radius 3 is 2.31 bits per heavy atom. The Morgan fingerprint density at radius 2 is 1.69 bits per heavy atom. The monoisotopic (exact) mass is 365 g/mol. The normalized spacial score (nSPS) is 9.62. The minimum absolute atomic E-state index is 0.0310. The molecule has 0 heterocycles. The van der Waals surface area contributed by atoms with Crippen LogP contribution in [0.1, 0.15) is 27.1 Å². The summed E-state index contributed by atoms with van der Waals surface area (Å²) >= 11 is 0. The van der Waals surface area contributed by atoms with Crippen molar-refractivity contribution in [3.63, 3.8) is 0 Å². The highest BCUT2D eigenvalue weighted by Gasteiger charge is 2.20. The number of hydrogen-bond acceptors (Lipinski definition) is 7. The fourth-order valence-corrected chi connectivity index (χ4v) is 1.89. The van der Waals surface area contributed by atoms with Gasteiger partial charge in [-0.15, -0.1) is 0 Å². The van der Waals surface area contributed by atoms with Gasteiger partial charge in [-0.1, -0.05) is 0 Å². The number of carbonyl (C=O) groups excluding carboxylic acids is 5.